The third kappa shape index (κ3) is 5.67. The van der Waals surface area contributed by atoms with Crippen LogP contribution in [0.1, 0.15) is 54.4 Å². The summed E-state index contributed by atoms with van der Waals surface area (Å²) >= 11 is 0. The van der Waals surface area contributed by atoms with E-state index in [-0.39, 0.29) is 44.0 Å². The molecule has 1 saturated carbocycles. The van der Waals surface area contributed by atoms with Gasteiger partial charge in [0.05, 0.1) is 6.54 Å². The van der Waals surface area contributed by atoms with Crippen LogP contribution in [0.5, 0.6) is 0 Å². The first-order chi connectivity index (χ1) is 12.7. The molecule has 1 aromatic carbocycles. The summed E-state index contributed by atoms with van der Waals surface area (Å²) in [5.41, 5.74) is 1.85. The van der Waals surface area contributed by atoms with E-state index in [1.807, 2.05) is 31.2 Å². The first-order valence-corrected chi connectivity index (χ1v) is 10.2. The zero-order valence-corrected chi connectivity index (χ0v) is 15.7. The van der Waals surface area contributed by atoms with E-state index < -0.39 is 15.9 Å². The van der Waals surface area contributed by atoms with Crippen LogP contribution in [0.4, 0.5) is 8.78 Å². The molecule has 1 aromatic heterocycles. The van der Waals surface area contributed by atoms with Crippen molar-refractivity contribution in [1.29, 1.82) is 0 Å². The zero-order valence-electron chi connectivity index (χ0n) is 14.9. The Hall–Kier alpha value is -2.13. The molecular weight excluding hydrogens is 376 g/mol. The fraction of sp³-hybridized carbons (Fsp3) is 0.444. The molecule has 0 spiro atoms. The highest BCUT2D eigenvalue weighted by molar-refractivity contribution is 7.92. The molecule has 0 bridgehead atoms. The monoisotopic (exact) mass is 397 g/mol. The van der Waals surface area contributed by atoms with Gasteiger partial charge in [-0.2, -0.15) is 4.98 Å². The van der Waals surface area contributed by atoms with Gasteiger partial charge in [-0.15, -0.1) is 0 Å². The number of benzene rings is 1. The molecule has 1 fully saturated rings. The standard InChI is InChI=1S/C18H21F2N3O3S/c1-13-2-4-14(5-3-13)8-11-27(24,25)21-12-16-22-17(23-26-16)15-6-9-18(19,20)10-7-15/h2-5,8,11,15,21H,6-7,9-10,12H2,1H3. The van der Waals surface area contributed by atoms with E-state index in [1.165, 1.54) is 6.08 Å². The van der Waals surface area contributed by atoms with Gasteiger partial charge in [-0.25, -0.2) is 21.9 Å². The molecule has 146 valence electrons. The molecule has 0 atom stereocenters. The van der Waals surface area contributed by atoms with Gasteiger partial charge >= 0.3 is 0 Å². The normalized spacial score (nSPS) is 18.2. The highest BCUT2D eigenvalue weighted by Gasteiger charge is 2.36. The number of aryl methyl sites for hydroxylation is 1. The lowest BCUT2D eigenvalue weighted by molar-refractivity contribution is -0.0389. The van der Waals surface area contributed by atoms with Gasteiger partial charge in [-0.1, -0.05) is 35.0 Å². The Morgan fingerprint density at radius 3 is 2.59 bits per heavy atom. The molecule has 0 unspecified atom stereocenters. The highest BCUT2D eigenvalue weighted by Crippen LogP contribution is 2.39. The number of nitrogens with zero attached hydrogens (tertiary/aromatic N) is 2. The van der Waals surface area contributed by atoms with Gasteiger partial charge in [-0.05, 0) is 31.4 Å². The maximum absolute atomic E-state index is 13.2. The number of halogens is 2. The molecule has 9 heteroatoms. The number of hydrogen-bond acceptors (Lipinski definition) is 5. The molecule has 0 radical (unpaired) electrons. The third-order valence-electron chi connectivity index (χ3n) is 4.51. The van der Waals surface area contributed by atoms with Crippen molar-refractivity contribution in [1.82, 2.24) is 14.9 Å². The Morgan fingerprint density at radius 2 is 1.93 bits per heavy atom. The van der Waals surface area contributed by atoms with E-state index in [4.69, 9.17) is 4.52 Å². The average molecular weight is 397 g/mol. The molecule has 3 rings (SSSR count). The lowest BCUT2D eigenvalue weighted by atomic mass is 9.86. The molecule has 6 nitrogen and oxygen atoms in total. The van der Waals surface area contributed by atoms with E-state index >= 15 is 0 Å². The summed E-state index contributed by atoms with van der Waals surface area (Å²) < 4.78 is 57.9. The first-order valence-electron chi connectivity index (χ1n) is 8.67. The fourth-order valence-corrected chi connectivity index (χ4v) is 3.62. The summed E-state index contributed by atoms with van der Waals surface area (Å²) in [6.45, 7) is 1.79. The molecule has 2 aromatic rings. The van der Waals surface area contributed by atoms with Crippen molar-refractivity contribution in [2.45, 2.75) is 51.0 Å². The Kier molecular flexibility index (Phi) is 5.71. The molecular formula is C18H21F2N3O3S. The molecule has 1 heterocycles. The molecule has 1 aliphatic carbocycles. The second-order valence-electron chi connectivity index (χ2n) is 6.76. The smallest absolute Gasteiger partial charge is 0.248 e. The molecule has 0 amide bonds. The summed E-state index contributed by atoms with van der Waals surface area (Å²) in [4.78, 5) is 4.14. The van der Waals surface area contributed by atoms with Crippen LogP contribution in [0.2, 0.25) is 0 Å². The summed E-state index contributed by atoms with van der Waals surface area (Å²) in [7, 11) is -3.68. The van der Waals surface area contributed by atoms with Gasteiger partial charge in [-0.3, -0.25) is 0 Å². The Bertz CT molecular complexity index is 898. The van der Waals surface area contributed by atoms with Crippen molar-refractivity contribution in [3.05, 3.63) is 52.5 Å². The molecule has 1 N–H and O–H groups in total. The Morgan fingerprint density at radius 1 is 1.26 bits per heavy atom. The number of alkyl halides is 2. The third-order valence-corrected chi connectivity index (χ3v) is 5.55. The quantitative estimate of drug-likeness (QED) is 0.802. The predicted molar refractivity (Wildman–Crippen MR) is 96.4 cm³/mol. The summed E-state index contributed by atoms with van der Waals surface area (Å²) in [5, 5.41) is 4.87. The van der Waals surface area contributed by atoms with E-state index in [9.17, 15) is 17.2 Å². The fourth-order valence-electron chi connectivity index (χ4n) is 2.86. The van der Waals surface area contributed by atoms with Crippen LogP contribution >= 0.6 is 0 Å². The van der Waals surface area contributed by atoms with Crippen LogP contribution in [-0.2, 0) is 16.6 Å². The van der Waals surface area contributed by atoms with Crippen LogP contribution in [-0.4, -0.2) is 24.5 Å². The van der Waals surface area contributed by atoms with Gasteiger partial charge in [0, 0.05) is 24.2 Å². The number of hydrogen-bond donors (Lipinski definition) is 1. The van der Waals surface area contributed by atoms with Crippen LogP contribution in [0.3, 0.4) is 0 Å². The van der Waals surface area contributed by atoms with E-state index in [0.29, 0.717) is 5.82 Å². The topological polar surface area (TPSA) is 85.1 Å². The molecule has 0 aliphatic heterocycles. The minimum absolute atomic E-state index is 0.106. The largest absolute Gasteiger partial charge is 0.338 e. The second kappa shape index (κ2) is 7.85. The molecule has 0 saturated heterocycles. The average Bonchev–Trinajstić information content (AvgIpc) is 3.09. The van der Waals surface area contributed by atoms with E-state index in [0.717, 1.165) is 16.5 Å². The Balaban J connectivity index is 1.55. The SMILES string of the molecule is Cc1ccc(C=CS(=O)(=O)NCc2nc(C3CCC(F)(F)CC3)no2)cc1. The maximum Gasteiger partial charge on any atom is 0.248 e. The zero-order chi connectivity index (χ0) is 19.5. The van der Waals surface area contributed by atoms with Crippen LogP contribution in [0.15, 0.2) is 34.2 Å². The summed E-state index contributed by atoms with van der Waals surface area (Å²) in [6.07, 6.45) is 1.67. The van der Waals surface area contributed by atoms with Gasteiger partial charge in [0.15, 0.2) is 5.82 Å². The number of aromatic nitrogens is 2. The van der Waals surface area contributed by atoms with Crippen molar-refractivity contribution in [3.8, 4) is 0 Å². The van der Waals surface area contributed by atoms with Crippen molar-refractivity contribution in [2.75, 3.05) is 0 Å². The second-order valence-corrected chi connectivity index (χ2v) is 8.41. The summed E-state index contributed by atoms with van der Waals surface area (Å²) in [5.74, 6) is -2.34. The number of nitrogens with one attached hydrogen (secondary N) is 1. The van der Waals surface area contributed by atoms with Crippen molar-refractivity contribution in [3.63, 3.8) is 0 Å². The lowest BCUT2D eigenvalue weighted by Gasteiger charge is -2.26. The van der Waals surface area contributed by atoms with Crippen molar-refractivity contribution >= 4 is 16.1 Å². The van der Waals surface area contributed by atoms with E-state index in [1.54, 1.807) is 0 Å². The highest BCUT2D eigenvalue weighted by atomic mass is 32.2. The van der Waals surface area contributed by atoms with Gasteiger partial charge in [0.25, 0.3) is 0 Å². The maximum atomic E-state index is 13.2. The number of sulfonamides is 1. The number of rotatable bonds is 6. The minimum atomic E-state index is -3.68. The lowest BCUT2D eigenvalue weighted by Crippen LogP contribution is -2.24. The van der Waals surface area contributed by atoms with Crippen molar-refractivity contribution in [2.24, 2.45) is 0 Å². The van der Waals surface area contributed by atoms with Crippen molar-refractivity contribution < 1.29 is 21.7 Å². The van der Waals surface area contributed by atoms with Gasteiger partial charge < -0.3 is 4.52 Å². The van der Waals surface area contributed by atoms with Crippen LogP contribution in [0.25, 0.3) is 6.08 Å². The minimum Gasteiger partial charge on any atom is -0.338 e. The van der Waals surface area contributed by atoms with E-state index in [2.05, 4.69) is 14.9 Å². The van der Waals surface area contributed by atoms with Gasteiger partial charge in [0.1, 0.15) is 0 Å². The Labute approximate surface area is 156 Å². The summed E-state index contributed by atoms with van der Waals surface area (Å²) in [6, 6.07) is 7.42. The van der Waals surface area contributed by atoms with Crippen LogP contribution in [0, 0.1) is 6.92 Å². The predicted octanol–water partition coefficient (Wildman–Crippen LogP) is 3.76. The molecule has 27 heavy (non-hydrogen) atoms. The van der Waals surface area contributed by atoms with Crippen LogP contribution < -0.4 is 4.72 Å². The van der Waals surface area contributed by atoms with Gasteiger partial charge in [0.2, 0.25) is 21.8 Å². The molecule has 1 aliphatic rings. The first kappa shape index (κ1) is 19.6.